The second-order valence-corrected chi connectivity index (χ2v) is 9.05. The van der Waals surface area contributed by atoms with Crippen LogP contribution in [0.4, 0.5) is 11.6 Å². The number of aryl methyl sites for hydroxylation is 1. The van der Waals surface area contributed by atoms with Gasteiger partial charge in [0, 0.05) is 39.3 Å². The predicted octanol–water partition coefficient (Wildman–Crippen LogP) is 2.12. The number of methoxy groups -OCH3 is 1. The Kier molecular flexibility index (Phi) is 6.04. The summed E-state index contributed by atoms with van der Waals surface area (Å²) in [5, 5.41) is 3.40. The fourth-order valence-electron chi connectivity index (χ4n) is 3.28. The van der Waals surface area contributed by atoms with Crippen molar-refractivity contribution in [1.29, 1.82) is 0 Å². The van der Waals surface area contributed by atoms with Crippen molar-refractivity contribution in [1.82, 2.24) is 14.3 Å². The van der Waals surface area contributed by atoms with E-state index in [9.17, 15) is 8.42 Å². The van der Waals surface area contributed by atoms with Crippen molar-refractivity contribution in [2.75, 3.05) is 44.5 Å². The summed E-state index contributed by atoms with van der Waals surface area (Å²) in [5.41, 5.74) is 0.806. The van der Waals surface area contributed by atoms with Crippen molar-refractivity contribution >= 4 is 21.7 Å². The molecular formula is C19H27N5O3S. The normalized spacial score (nSPS) is 16.0. The molecule has 2 heterocycles. The summed E-state index contributed by atoms with van der Waals surface area (Å²) in [7, 11) is 1.92. The van der Waals surface area contributed by atoms with E-state index in [4.69, 9.17) is 4.74 Å². The molecule has 3 rings (SSSR count). The minimum absolute atomic E-state index is 0.175. The highest BCUT2D eigenvalue weighted by atomic mass is 32.2. The van der Waals surface area contributed by atoms with Crippen LogP contribution >= 0.6 is 0 Å². The maximum atomic E-state index is 13.0. The van der Waals surface area contributed by atoms with Crippen LogP contribution in [0.1, 0.15) is 18.4 Å². The molecule has 0 radical (unpaired) electrons. The largest absolute Gasteiger partial charge is 0.496 e. The minimum atomic E-state index is -3.51. The molecule has 1 N–H and O–H groups in total. The van der Waals surface area contributed by atoms with Gasteiger partial charge in [-0.05, 0) is 43.5 Å². The van der Waals surface area contributed by atoms with Crippen LogP contribution in [0.3, 0.4) is 0 Å². The number of piperidine rings is 1. The van der Waals surface area contributed by atoms with Gasteiger partial charge < -0.3 is 15.0 Å². The first kappa shape index (κ1) is 20.3. The average Bonchev–Trinajstić information content (AvgIpc) is 2.68. The Hall–Kier alpha value is -2.39. The molecule has 1 fully saturated rings. The second kappa shape index (κ2) is 8.32. The highest BCUT2D eigenvalue weighted by Gasteiger charge is 2.29. The maximum Gasteiger partial charge on any atom is 0.243 e. The zero-order valence-electron chi connectivity index (χ0n) is 16.7. The molecule has 0 aliphatic carbocycles. The van der Waals surface area contributed by atoms with E-state index in [0.717, 1.165) is 30.0 Å². The summed E-state index contributed by atoms with van der Waals surface area (Å²) in [6, 6.07) is 7.04. The van der Waals surface area contributed by atoms with Crippen molar-refractivity contribution in [2.24, 2.45) is 0 Å². The quantitative estimate of drug-likeness (QED) is 0.788. The van der Waals surface area contributed by atoms with Crippen molar-refractivity contribution in [3.8, 4) is 5.75 Å². The lowest BCUT2D eigenvalue weighted by atomic mass is 10.1. The van der Waals surface area contributed by atoms with Crippen LogP contribution < -0.4 is 15.0 Å². The van der Waals surface area contributed by atoms with Crippen LogP contribution in [0.15, 0.2) is 35.5 Å². The number of anilines is 2. The monoisotopic (exact) mass is 405 g/mol. The Labute approximate surface area is 166 Å². The first-order chi connectivity index (χ1) is 13.3. The fourth-order valence-corrected chi connectivity index (χ4v) is 4.84. The number of ether oxygens (including phenoxy) is 1. The maximum absolute atomic E-state index is 13.0. The Balaban J connectivity index is 1.64. The third-order valence-corrected chi connectivity index (χ3v) is 6.82. The lowest BCUT2D eigenvalue weighted by Crippen LogP contribution is -2.42. The molecule has 0 bridgehead atoms. The Bertz CT molecular complexity index is 925. The summed E-state index contributed by atoms with van der Waals surface area (Å²) < 4.78 is 32.7. The van der Waals surface area contributed by atoms with Gasteiger partial charge in [0.15, 0.2) is 0 Å². The van der Waals surface area contributed by atoms with E-state index in [1.54, 1.807) is 29.6 Å². The molecule has 1 aliphatic rings. The van der Waals surface area contributed by atoms with Gasteiger partial charge in [-0.2, -0.15) is 4.31 Å². The average molecular weight is 406 g/mol. The molecule has 0 amide bonds. The standard InChI is InChI=1S/C19H27N5O3S/c1-14-11-16(5-6-17(14)27-4)28(25,26)24-9-7-15(8-10-24)22-18-12-19(23(2)3)21-13-20-18/h5-6,11-13,15H,7-10H2,1-4H3,(H,20,21,22). The second-order valence-electron chi connectivity index (χ2n) is 7.11. The van der Waals surface area contributed by atoms with E-state index in [-0.39, 0.29) is 6.04 Å². The molecule has 1 aromatic carbocycles. The van der Waals surface area contributed by atoms with Crippen LogP contribution in [0.2, 0.25) is 0 Å². The van der Waals surface area contributed by atoms with Crippen LogP contribution in [0.5, 0.6) is 5.75 Å². The van der Waals surface area contributed by atoms with Gasteiger partial charge in [-0.15, -0.1) is 0 Å². The highest BCUT2D eigenvalue weighted by Crippen LogP contribution is 2.26. The van der Waals surface area contributed by atoms with Crippen molar-refractivity contribution < 1.29 is 13.2 Å². The first-order valence-corrected chi connectivity index (χ1v) is 10.7. The Morgan fingerprint density at radius 2 is 1.89 bits per heavy atom. The van der Waals surface area contributed by atoms with Crippen LogP contribution in [-0.2, 0) is 10.0 Å². The molecule has 0 unspecified atom stereocenters. The molecule has 1 aliphatic heterocycles. The number of rotatable bonds is 6. The van der Waals surface area contributed by atoms with Gasteiger partial charge in [0.05, 0.1) is 12.0 Å². The van der Waals surface area contributed by atoms with E-state index in [0.29, 0.717) is 23.7 Å². The van der Waals surface area contributed by atoms with Gasteiger partial charge in [0.25, 0.3) is 0 Å². The van der Waals surface area contributed by atoms with Crippen LogP contribution in [0.25, 0.3) is 0 Å². The number of benzene rings is 1. The van der Waals surface area contributed by atoms with E-state index in [2.05, 4.69) is 15.3 Å². The number of nitrogens with zero attached hydrogens (tertiary/aromatic N) is 4. The van der Waals surface area contributed by atoms with Crippen molar-refractivity contribution in [3.05, 3.63) is 36.2 Å². The lowest BCUT2D eigenvalue weighted by Gasteiger charge is -2.32. The lowest BCUT2D eigenvalue weighted by molar-refractivity contribution is 0.329. The van der Waals surface area contributed by atoms with Crippen LogP contribution in [-0.4, -0.2) is 63.0 Å². The van der Waals surface area contributed by atoms with Crippen LogP contribution in [0, 0.1) is 6.92 Å². The molecule has 1 aromatic heterocycles. The molecule has 0 atom stereocenters. The number of aromatic nitrogens is 2. The minimum Gasteiger partial charge on any atom is -0.496 e. The fraction of sp³-hybridized carbons (Fsp3) is 0.474. The summed E-state index contributed by atoms with van der Waals surface area (Å²) in [5.74, 6) is 2.27. The number of nitrogens with one attached hydrogen (secondary N) is 1. The molecule has 9 heteroatoms. The third-order valence-electron chi connectivity index (χ3n) is 4.92. The number of hydrogen-bond donors (Lipinski definition) is 1. The van der Waals surface area contributed by atoms with Gasteiger partial charge in [-0.25, -0.2) is 18.4 Å². The summed E-state index contributed by atoms with van der Waals surface area (Å²) in [6.45, 7) is 2.78. The predicted molar refractivity (Wildman–Crippen MR) is 109 cm³/mol. The van der Waals surface area contributed by atoms with Gasteiger partial charge >= 0.3 is 0 Å². The van der Waals surface area contributed by atoms with Gasteiger partial charge in [-0.3, -0.25) is 0 Å². The summed E-state index contributed by atoms with van der Waals surface area (Å²) in [6.07, 6.45) is 2.97. The molecule has 8 nitrogen and oxygen atoms in total. The zero-order chi connectivity index (χ0) is 20.3. The van der Waals surface area contributed by atoms with Crippen molar-refractivity contribution in [2.45, 2.75) is 30.7 Å². The Morgan fingerprint density at radius 3 is 2.50 bits per heavy atom. The molecule has 152 valence electrons. The topological polar surface area (TPSA) is 87.7 Å². The van der Waals surface area contributed by atoms with E-state index < -0.39 is 10.0 Å². The molecule has 2 aromatic rings. The first-order valence-electron chi connectivity index (χ1n) is 9.22. The molecule has 1 saturated heterocycles. The van der Waals surface area contributed by atoms with Gasteiger partial charge in [0.2, 0.25) is 10.0 Å². The van der Waals surface area contributed by atoms with E-state index in [1.165, 1.54) is 6.33 Å². The van der Waals surface area contributed by atoms with Gasteiger partial charge in [0.1, 0.15) is 23.7 Å². The zero-order valence-corrected chi connectivity index (χ0v) is 17.5. The van der Waals surface area contributed by atoms with Crippen molar-refractivity contribution in [3.63, 3.8) is 0 Å². The SMILES string of the molecule is COc1ccc(S(=O)(=O)N2CCC(Nc3cc(N(C)C)ncn3)CC2)cc1C. The highest BCUT2D eigenvalue weighted by molar-refractivity contribution is 7.89. The Morgan fingerprint density at radius 1 is 1.18 bits per heavy atom. The van der Waals surface area contributed by atoms with E-state index >= 15 is 0 Å². The number of sulfonamides is 1. The molecule has 28 heavy (non-hydrogen) atoms. The molecular weight excluding hydrogens is 378 g/mol. The third kappa shape index (κ3) is 4.36. The smallest absolute Gasteiger partial charge is 0.243 e. The summed E-state index contributed by atoms with van der Waals surface area (Å²) >= 11 is 0. The molecule has 0 spiro atoms. The molecule has 0 saturated carbocycles. The van der Waals surface area contributed by atoms with Gasteiger partial charge in [-0.1, -0.05) is 0 Å². The van der Waals surface area contributed by atoms with E-state index in [1.807, 2.05) is 32.0 Å². The number of hydrogen-bond acceptors (Lipinski definition) is 7. The summed E-state index contributed by atoms with van der Waals surface area (Å²) in [4.78, 5) is 10.7.